The lowest BCUT2D eigenvalue weighted by molar-refractivity contribution is -0.126. The number of rotatable bonds is 5. The Labute approximate surface area is 162 Å². The molecule has 0 bridgehead atoms. The van der Waals surface area contributed by atoms with Crippen molar-refractivity contribution >= 4 is 28.6 Å². The van der Waals surface area contributed by atoms with E-state index in [1.807, 2.05) is 36.4 Å². The molecule has 3 aromatic rings. The molecule has 2 heterocycles. The molecule has 1 N–H and O–H groups in total. The van der Waals surface area contributed by atoms with Crippen molar-refractivity contribution in [3.05, 3.63) is 53.9 Å². The number of carbonyl (C=O) groups excluding carboxylic acids is 2. The maximum Gasteiger partial charge on any atom is 0.227 e. The van der Waals surface area contributed by atoms with E-state index in [9.17, 15) is 9.59 Å². The van der Waals surface area contributed by atoms with Gasteiger partial charge in [-0.1, -0.05) is 12.1 Å². The molecule has 28 heavy (non-hydrogen) atoms. The number of aryl methyl sites for hydroxylation is 1. The first-order valence-electron chi connectivity index (χ1n) is 9.11. The number of methoxy groups -OCH3 is 1. The molecule has 0 radical (unpaired) electrons. The molecule has 7 nitrogen and oxygen atoms in total. The van der Waals surface area contributed by atoms with Crippen LogP contribution >= 0.6 is 0 Å². The normalized spacial score (nSPS) is 16.6. The largest absolute Gasteiger partial charge is 0.497 e. The molecule has 0 spiro atoms. The van der Waals surface area contributed by atoms with E-state index in [1.54, 1.807) is 25.0 Å². The first-order chi connectivity index (χ1) is 13.5. The van der Waals surface area contributed by atoms with Crippen molar-refractivity contribution < 1.29 is 18.7 Å². The molecule has 4 rings (SSSR count). The number of hydrogen-bond donors (Lipinski definition) is 1. The van der Waals surface area contributed by atoms with Gasteiger partial charge in [0.25, 0.3) is 0 Å². The number of fused-ring (bicyclic) bond motifs is 1. The second kappa shape index (κ2) is 7.34. The van der Waals surface area contributed by atoms with Crippen LogP contribution in [0.5, 0.6) is 5.75 Å². The Morgan fingerprint density at radius 3 is 3.00 bits per heavy atom. The van der Waals surface area contributed by atoms with Gasteiger partial charge in [-0.25, -0.2) is 4.98 Å². The van der Waals surface area contributed by atoms with Crippen molar-refractivity contribution in [3.63, 3.8) is 0 Å². The summed E-state index contributed by atoms with van der Waals surface area (Å²) in [5.41, 5.74) is 3.06. The highest BCUT2D eigenvalue weighted by molar-refractivity contribution is 6.01. The summed E-state index contributed by atoms with van der Waals surface area (Å²) in [5.74, 6) is 0.744. The minimum absolute atomic E-state index is 0.0684. The van der Waals surface area contributed by atoms with Gasteiger partial charge in [-0.15, -0.1) is 0 Å². The SMILES string of the molecule is COc1cccc(CNC(=O)[C@H]2CC(=O)N(c3ccc4oc(C)nc4c3)C2)c1. The minimum Gasteiger partial charge on any atom is -0.497 e. The predicted molar refractivity (Wildman–Crippen MR) is 104 cm³/mol. The van der Waals surface area contributed by atoms with Crippen molar-refractivity contribution in [2.45, 2.75) is 19.9 Å². The molecule has 0 aliphatic carbocycles. The number of nitrogens with zero attached hydrogens (tertiary/aromatic N) is 2. The van der Waals surface area contributed by atoms with Gasteiger partial charge >= 0.3 is 0 Å². The quantitative estimate of drug-likeness (QED) is 0.737. The molecule has 0 saturated carbocycles. The van der Waals surface area contributed by atoms with Crippen molar-refractivity contribution in [2.75, 3.05) is 18.6 Å². The van der Waals surface area contributed by atoms with E-state index >= 15 is 0 Å². The van der Waals surface area contributed by atoms with E-state index in [0.717, 1.165) is 17.0 Å². The van der Waals surface area contributed by atoms with Crippen LogP contribution in [0.4, 0.5) is 5.69 Å². The van der Waals surface area contributed by atoms with Crippen molar-refractivity contribution in [1.82, 2.24) is 10.3 Å². The highest BCUT2D eigenvalue weighted by Gasteiger charge is 2.35. The Hall–Kier alpha value is -3.35. The number of ether oxygens (including phenoxy) is 1. The fourth-order valence-electron chi connectivity index (χ4n) is 3.45. The second-order valence-corrected chi connectivity index (χ2v) is 6.86. The topological polar surface area (TPSA) is 84.7 Å². The number of oxazole rings is 1. The number of amides is 2. The lowest BCUT2D eigenvalue weighted by atomic mass is 10.1. The van der Waals surface area contributed by atoms with Crippen LogP contribution in [-0.2, 0) is 16.1 Å². The minimum atomic E-state index is -0.382. The Kier molecular flexibility index (Phi) is 4.73. The number of aromatic nitrogens is 1. The molecule has 1 fully saturated rings. The molecule has 0 unspecified atom stereocenters. The zero-order valence-electron chi connectivity index (χ0n) is 15.8. The van der Waals surface area contributed by atoms with Crippen molar-refractivity contribution in [3.8, 4) is 5.75 Å². The average molecular weight is 379 g/mol. The predicted octanol–water partition coefficient (Wildman–Crippen LogP) is 2.81. The number of carbonyl (C=O) groups is 2. The summed E-state index contributed by atoms with van der Waals surface area (Å²) in [6, 6.07) is 13.0. The first kappa shape index (κ1) is 18.0. The third-order valence-electron chi connectivity index (χ3n) is 4.89. The smallest absolute Gasteiger partial charge is 0.227 e. The molecular weight excluding hydrogens is 358 g/mol. The summed E-state index contributed by atoms with van der Waals surface area (Å²) < 4.78 is 10.7. The zero-order valence-corrected chi connectivity index (χ0v) is 15.8. The van der Waals surface area contributed by atoms with Crippen LogP contribution in [0.2, 0.25) is 0 Å². The Bertz CT molecular complexity index is 1040. The Balaban J connectivity index is 1.42. The van der Waals surface area contributed by atoms with E-state index in [2.05, 4.69) is 10.3 Å². The molecule has 1 aliphatic rings. The van der Waals surface area contributed by atoms with Crippen LogP contribution in [0.25, 0.3) is 11.1 Å². The van der Waals surface area contributed by atoms with Gasteiger partial charge in [0.15, 0.2) is 11.5 Å². The number of anilines is 1. The average Bonchev–Trinajstić information content (AvgIpc) is 3.27. The third-order valence-corrected chi connectivity index (χ3v) is 4.89. The highest BCUT2D eigenvalue weighted by Crippen LogP contribution is 2.28. The van der Waals surface area contributed by atoms with Gasteiger partial charge in [0, 0.05) is 32.1 Å². The van der Waals surface area contributed by atoms with Gasteiger partial charge in [0.1, 0.15) is 11.3 Å². The number of benzene rings is 2. The van der Waals surface area contributed by atoms with Crippen LogP contribution < -0.4 is 15.0 Å². The molecule has 1 aromatic heterocycles. The monoisotopic (exact) mass is 379 g/mol. The molecule has 2 aromatic carbocycles. The second-order valence-electron chi connectivity index (χ2n) is 6.86. The highest BCUT2D eigenvalue weighted by atomic mass is 16.5. The number of nitrogens with one attached hydrogen (secondary N) is 1. The van der Waals surface area contributed by atoms with Crippen molar-refractivity contribution in [1.29, 1.82) is 0 Å². The van der Waals surface area contributed by atoms with Crippen molar-refractivity contribution in [2.24, 2.45) is 5.92 Å². The van der Waals surface area contributed by atoms with E-state index < -0.39 is 0 Å². The zero-order chi connectivity index (χ0) is 19.7. The van der Waals surface area contributed by atoms with Crippen LogP contribution in [-0.4, -0.2) is 30.5 Å². The third kappa shape index (κ3) is 3.55. The van der Waals surface area contributed by atoms with Gasteiger partial charge in [0.2, 0.25) is 11.8 Å². The summed E-state index contributed by atoms with van der Waals surface area (Å²) in [4.78, 5) is 31.0. The van der Waals surface area contributed by atoms with Gasteiger partial charge in [-0.05, 0) is 35.9 Å². The summed E-state index contributed by atoms with van der Waals surface area (Å²) >= 11 is 0. The summed E-state index contributed by atoms with van der Waals surface area (Å²) in [6.45, 7) is 2.53. The van der Waals surface area contributed by atoms with Gasteiger partial charge in [-0.2, -0.15) is 0 Å². The number of hydrogen-bond acceptors (Lipinski definition) is 5. The van der Waals surface area contributed by atoms with E-state index in [1.165, 1.54) is 0 Å². The standard InChI is InChI=1S/C21H21N3O4/c1-13-23-18-10-16(6-7-19(18)28-13)24-12-15(9-20(24)25)21(26)22-11-14-4-3-5-17(8-14)27-2/h3-8,10,15H,9,11-12H2,1-2H3,(H,22,26)/t15-/m0/s1. The lowest BCUT2D eigenvalue weighted by Crippen LogP contribution is -2.32. The molecule has 1 saturated heterocycles. The van der Waals surface area contributed by atoms with E-state index in [4.69, 9.17) is 9.15 Å². The fraction of sp³-hybridized carbons (Fsp3) is 0.286. The lowest BCUT2D eigenvalue weighted by Gasteiger charge is -2.16. The summed E-state index contributed by atoms with van der Waals surface area (Å²) in [6.07, 6.45) is 0.194. The van der Waals surface area contributed by atoms with Crippen LogP contribution in [0.1, 0.15) is 17.9 Å². The maximum atomic E-state index is 12.6. The van der Waals surface area contributed by atoms with E-state index in [0.29, 0.717) is 30.1 Å². The Morgan fingerprint density at radius 2 is 2.18 bits per heavy atom. The molecule has 144 valence electrons. The molecular formula is C21H21N3O4. The molecule has 1 aliphatic heterocycles. The fourth-order valence-corrected chi connectivity index (χ4v) is 3.45. The van der Waals surface area contributed by atoms with Crippen LogP contribution in [0.15, 0.2) is 46.9 Å². The summed E-state index contributed by atoms with van der Waals surface area (Å²) in [7, 11) is 1.61. The first-order valence-corrected chi connectivity index (χ1v) is 9.11. The molecule has 1 atom stereocenters. The van der Waals surface area contributed by atoms with E-state index in [-0.39, 0.29) is 24.2 Å². The van der Waals surface area contributed by atoms with Crippen LogP contribution in [0, 0.1) is 12.8 Å². The van der Waals surface area contributed by atoms with Gasteiger partial charge in [0.05, 0.1) is 13.0 Å². The van der Waals surface area contributed by atoms with Gasteiger partial charge in [-0.3, -0.25) is 9.59 Å². The molecule has 2 amide bonds. The maximum absolute atomic E-state index is 12.6. The Morgan fingerprint density at radius 1 is 1.32 bits per heavy atom. The van der Waals surface area contributed by atoms with Crippen LogP contribution in [0.3, 0.4) is 0 Å². The summed E-state index contributed by atoms with van der Waals surface area (Å²) in [5, 5.41) is 2.92. The van der Waals surface area contributed by atoms with Gasteiger partial charge < -0.3 is 19.4 Å². The molecule has 7 heteroatoms.